The third-order valence-electron chi connectivity index (χ3n) is 4.94. The van der Waals surface area contributed by atoms with Gasteiger partial charge in [0.15, 0.2) is 0 Å². The lowest BCUT2D eigenvalue weighted by atomic mass is 10.1. The van der Waals surface area contributed by atoms with Crippen molar-refractivity contribution in [3.8, 4) is 0 Å². The van der Waals surface area contributed by atoms with Crippen LogP contribution in [0.15, 0.2) is 24.5 Å². The van der Waals surface area contributed by atoms with Crippen LogP contribution >= 0.6 is 0 Å². The van der Waals surface area contributed by atoms with Crippen molar-refractivity contribution in [1.29, 1.82) is 0 Å². The van der Waals surface area contributed by atoms with E-state index in [2.05, 4.69) is 15.4 Å². The molecule has 24 heavy (non-hydrogen) atoms. The van der Waals surface area contributed by atoms with E-state index in [4.69, 9.17) is 4.74 Å². The minimum Gasteiger partial charge on any atom is -0.391 e. The molecule has 2 aromatic heterocycles. The van der Waals surface area contributed by atoms with Crippen molar-refractivity contribution < 1.29 is 14.6 Å². The number of nitrogens with zero attached hydrogens (tertiary/aromatic N) is 2. The molecule has 7 nitrogen and oxygen atoms in total. The molecule has 2 aromatic rings. The lowest BCUT2D eigenvalue weighted by Gasteiger charge is -2.15. The Labute approximate surface area is 140 Å². The van der Waals surface area contributed by atoms with Crippen molar-refractivity contribution in [1.82, 2.24) is 20.1 Å². The summed E-state index contributed by atoms with van der Waals surface area (Å²) >= 11 is 0. The van der Waals surface area contributed by atoms with Crippen molar-refractivity contribution in [2.75, 3.05) is 6.61 Å². The highest BCUT2D eigenvalue weighted by atomic mass is 16.5. The maximum Gasteiger partial charge on any atom is 0.268 e. The molecule has 1 aliphatic carbocycles. The molecule has 0 bridgehead atoms. The van der Waals surface area contributed by atoms with Gasteiger partial charge in [0.25, 0.3) is 5.91 Å². The standard InChI is InChI=1S/C17H22N4O3/c22-16-7-11(9-21-4-1-3-18-21)6-14(16)20-17(23)15-8-12-10-24-5-2-13(12)19-15/h1,3-4,8,11,14,16,19,22H,2,5-7,9-10H2,(H,20,23)/t11?,14-,16-/m1/s1. The molecule has 4 rings (SSSR count). The molecule has 3 heterocycles. The summed E-state index contributed by atoms with van der Waals surface area (Å²) in [6.07, 6.45) is 5.41. The van der Waals surface area contributed by atoms with E-state index in [0.29, 0.717) is 31.2 Å². The second kappa shape index (κ2) is 6.41. The van der Waals surface area contributed by atoms with Gasteiger partial charge in [0.1, 0.15) is 5.69 Å². The van der Waals surface area contributed by atoms with Crippen molar-refractivity contribution in [3.05, 3.63) is 41.5 Å². The fraction of sp³-hybridized carbons (Fsp3) is 0.529. The summed E-state index contributed by atoms with van der Waals surface area (Å²) in [5.41, 5.74) is 2.68. The fourth-order valence-electron chi connectivity index (χ4n) is 3.71. The number of nitrogens with one attached hydrogen (secondary N) is 2. The molecular weight excluding hydrogens is 308 g/mol. The van der Waals surface area contributed by atoms with E-state index in [1.807, 2.05) is 23.0 Å². The molecule has 0 aromatic carbocycles. The number of aromatic nitrogens is 3. The summed E-state index contributed by atoms with van der Waals surface area (Å²) in [5, 5.41) is 17.5. The molecule has 1 amide bonds. The van der Waals surface area contributed by atoms with E-state index in [1.165, 1.54) is 0 Å². The fourth-order valence-corrected chi connectivity index (χ4v) is 3.71. The number of fused-ring (bicyclic) bond motifs is 1. The van der Waals surface area contributed by atoms with Crippen molar-refractivity contribution in [3.63, 3.8) is 0 Å². The molecule has 128 valence electrons. The molecule has 3 atom stereocenters. The first kappa shape index (κ1) is 15.4. The van der Waals surface area contributed by atoms with Crippen LogP contribution in [0, 0.1) is 5.92 Å². The average Bonchev–Trinajstić information content (AvgIpc) is 3.28. The van der Waals surface area contributed by atoms with Gasteiger partial charge >= 0.3 is 0 Å². The highest BCUT2D eigenvalue weighted by Crippen LogP contribution is 2.28. The first-order chi connectivity index (χ1) is 11.7. The third kappa shape index (κ3) is 3.09. The summed E-state index contributed by atoms with van der Waals surface area (Å²) in [7, 11) is 0. The number of aliphatic hydroxyl groups excluding tert-OH is 1. The summed E-state index contributed by atoms with van der Waals surface area (Å²) < 4.78 is 7.28. The first-order valence-corrected chi connectivity index (χ1v) is 8.44. The van der Waals surface area contributed by atoms with Gasteiger partial charge in [-0.15, -0.1) is 0 Å². The molecule has 2 aliphatic rings. The zero-order valence-electron chi connectivity index (χ0n) is 13.4. The highest BCUT2D eigenvalue weighted by Gasteiger charge is 2.34. The number of carbonyl (C=O) groups excluding carboxylic acids is 1. The van der Waals surface area contributed by atoms with E-state index in [0.717, 1.165) is 30.6 Å². The maximum atomic E-state index is 12.5. The van der Waals surface area contributed by atoms with Crippen LogP contribution in [0.25, 0.3) is 0 Å². The van der Waals surface area contributed by atoms with Gasteiger partial charge < -0.3 is 20.1 Å². The topological polar surface area (TPSA) is 92.2 Å². The van der Waals surface area contributed by atoms with Gasteiger partial charge in [0.2, 0.25) is 0 Å². The molecule has 0 spiro atoms. The van der Waals surface area contributed by atoms with Crippen LogP contribution in [0.3, 0.4) is 0 Å². The summed E-state index contributed by atoms with van der Waals surface area (Å²) in [4.78, 5) is 15.7. The highest BCUT2D eigenvalue weighted by molar-refractivity contribution is 5.93. The van der Waals surface area contributed by atoms with Crippen LogP contribution in [0.2, 0.25) is 0 Å². The number of aliphatic hydroxyl groups is 1. The molecule has 1 aliphatic heterocycles. The zero-order chi connectivity index (χ0) is 16.5. The Bertz CT molecular complexity index is 686. The normalized spacial score (nSPS) is 26.3. The van der Waals surface area contributed by atoms with Gasteiger partial charge in [-0.1, -0.05) is 0 Å². The summed E-state index contributed by atoms with van der Waals surface area (Å²) in [6.45, 7) is 2.01. The number of ether oxygens (including phenoxy) is 1. The number of carbonyl (C=O) groups is 1. The minimum atomic E-state index is -0.512. The van der Waals surface area contributed by atoms with Crippen molar-refractivity contribution in [2.24, 2.45) is 5.92 Å². The van der Waals surface area contributed by atoms with Gasteiger partial charge in [-0.25, -0.2) is 0 Å². The van der Waals surface area contributed by atoms with E-state index in [9.17, 15) is 9.90 Å². The number of amides is 1. The van der Waals surface area contributed by atoms with E-state index < -0.39 is 6.10 Å². The van der Waals surface area contributed by atoms with Gasteiger partial charge in [-0.3, -0.25) is 9.48 Å². The Morgan fingerprint density at radius 2 is 2.42 bits per heavy atom. The predicted molar refractivity (Wildman–Crippen MR) is 86.4 cm³/mol. The van der Waals surface area contributed by atoms with Crippen LogP contribution in [-0.4, -0.2) is 44.5 Å². The Hall–Kier alpha value is -2.12. The first-order valence-electron chi connectivity index (χ1n) is 8.44. The van der Waals surface area contributed by atoms with E-state index in [1.54, 1.807) is 6.20 Å². The zero-order valence-corrected chi connectivity index (χ0v) is 13.4. The largest absolute Gasteiger partial charge is 0.391 e. The third-order valence-corrected chi connectivity index (χ3v) is 4.94. The number of H-pyrrole nitrogens is 1. The maximum absolute atomic E-state index is 12.5. The number of rotatable bonds is 4. The van der Waals surface area contributed by atoms with E-state index in [-0.39, 0.29) is 11.9 Å². The quantitative estimate of drug-likeness (QED) is 0.775. The molecule has 1 unspecified atom stereocenters. The molecular formula is C17H22N4O3. The number of hydrogen-bond donors (Lipinski definition) is 3. The lowest BCUT2D eigenvalue weighted by molar-refractivity contribution is 0.0868. The molecule has 0 radical (unpaired) electrons. The smallest absolute Gasteiger partial charge is 0.268 e. The Morgan fingerprint density at radius 1 is 1.50 bits per heavy atom. The minimum absolute atomic E-state index is 0.159. The van der Waals surface area contributed by atoms with Crippen molar-refractivity contribution >= 4 is 5.91 Å². The average molecular weight is 330 g/mol. The number of hydrogen-bond acceptors (Lipinski definition) is 4. The van der Waals surface area contributed by atoms with Crippen LogP contribution in [0.5, 0.6) is 0 Å². The van der Waals surface area contributed by atoms with Crippen LogP contribution < -0.4 is 5.32 Å². The SMILES string of the molecule is O=C(N[C@@H]1CC(Cn2cccn2)C[C@H]1O)c1cc2c([nH]1)CCOC2. The Balaban J connectivity index is 1.37. The second-order valence-electron chi connectivity index (χ2n) is 6.70. The molecule has 1 saturated carbocycles. The molecule has 7 heteroatoms. The monoisotopic (exact) mass is 330 g/mol. The Kier molecular flexibility index (Phi) is 4.12. The Morgan fingerprint density at radius 3 is 3.21 bits per heavy atom. The summed E-state index contributed by atoms with van der Waals surface area (Å²) in [5.74, 6) is 0.156. The molecule has 1 fully saturated rings. The molecule has 3 N–H and O–H groups in total. The summed E-state index contributed by atoms with van der Waals surface area (Å²) in [6, 6.07) is 3.53. The van der Waals surface area contributed by atoms with Gasteiger partial charge in [-0.05, 0) is 36.5 Å². The lowest BCUT2D eigenvalue weighted by Crippen LogP contribution is -2.40. The van der Waals surface area contributed by atoms with Crippen LogP contribution in [0.1, 0.15) is 34.6 Å². The van der Waals surface area contributed by atoms with E-state index >= 15 is 0 Å². The van der Waals surface area contributed by atoms with Crippen LogP contribution in [0.4, 0.5) is 0 Å². The van der Waals surface area contributed by atoms with Gasteiger partial charge in [0, 0.05) is 31.1 Å². The second-order valence-corrected chi connectivity index (χ2v) is 6.70. The number of aromatic amines is 1. The van der Waals surface area contributed by atoms with Crippen LogP contribution in [-0.2, 0) is 24.3 Å². The van der Waals surface area contributed by atoms with Gasteiger partial charge in [0.05, 0.1) is 25.4 Å². The molecule has 0 saturated heterocycles. The van der Waals surface area contributed by atoms with Crippen molar-refractivity contribution in [2.45, 2.75) is 44.6 Å². The predicted octanol–water partition coefficient (Wildman–Crippen LogP) is 0.853. The van der Waals surface area contributed by atoms with Gasteiger partial charge in [-0.2, -0.15) is 5.10 Å².